The highest BCUT2D eigenvalue weighted by atomic mass is 16.5. The number of hydrogen-bond acceptors (Lipinski definition) is 4. The van der Waals surface area contributed by atoms with E-state index in [0.29, 0.717) is 18.9 Å². The molecule has 0 spiro atoms. The fourth-order valence-corrected chi connectivity index (χ4v) is 1.96. The van der Waals surface area contributed by atoms with Crippen LogP contribution in [0, 0.1) is 0 Å². The number of furan rings is 1. The Morgan fingerprint density at radius 3 is 3.06 bits per heavy atom. The summed E-state index contributed by atoms with van der Waals surface area (Å²) in [6.45, 7) is 4.13. The highest BCUT2D eigenvalue weighted by Gasteiger charge is 2.27. The minimum Gasteiger partial charge on any atom is -0.478 e. The van der Waals surface area contributed by atoms with Gasteiger partial charge in [0.1, 0.15) is 12.0 Å². The third-order valence-corrected chi connectivity index (χ3v) is 3.03. The van der Waals surface area contributed by atoms with Crippen LogP contribution < -0.4 is 5.32 Å². The molecule has 1 fully saturated rings. The molecule has 0 bridgehead atoms. The maximum atomic E-state index is 10.7. The van der Waals surface area contributed by atoms with Crippen LogP contribution in [0.25, 0.3) is 0 Å². The lowest BCUT2D eigenvalue weighted by atomic mass is 9.95. The molecule has 5 heteroatoms. The lowest BCUT2D eigenvalue weighted by molar-refractivity contribution is 0.0270. The molecule has 1 saturated heterocycles. The topological polar surface area (TPSA) is 71.7 Å². The Labute approximate surface area is 99.8 Å². The summed E-state index contributed by atoms with van der Waals surface area (Å²) in [5.74, 6) is -0.332. The molecule has 0 amide bonds. The molecule has 2 rings (SSSR count). The van der Waals surface area contributed by atoms with Crippen LogP contribution in [0.5, 0.6) is 0 Å². The first-order valence-corrected chi connectivity index (χ1v) is 5.73. The van der Waals surface area contributed by atoms with Gasteiger partial charge in [0.05, 0.1) is 18.7 Å². The van der Waals surface area contributed by atoms with E-state index < -0.39 is 5.97 Å². The average Bonchev–Trinajstić information content (AvgIpc) is 2.76. The Hall–Kier alpha value is -1.33. The molecule has 1 atom stereocenters. The van der Waals surface area contributed by atoms with Gasteiger partial charge in [-0.15, -0.1) is 0 Å². The largest absolute Gasteiger partial charge is 0.478 e. The van der Waals surface area contributed by atoms with Crippen molar-refractivity contribution in [3.05, 3.63) is 23.7 Å². The monoisotopic (exact) mass is 239 g/mol. The summed E-state index contributed by atoms with van der Waals surface area (Å²) >= 11 is 0. The Morgan fingerprint density at radius 1 is 1.65 bits per heavy atom. The molecular weight excluding hydrogens is 222 g/mol. The number of rotatable bonds is 4. The van der Waals surface area contributed by atoms with Gasteiger partial charge in [0.25, 0.3) is 0 Å². The van der Waals surface area contributed by atoms with Crippen LogP contribution in [0.2, 0.25) is 0 Å². The van der Waals surface area contributed by atoms with Crippen molar-refractivity contribution in [1.29, 1.82) is 0 Å². The van der Waals surface area contributed by atoms with Gasteiger partial charge in [-0.2, -0.15) is 0 Å². The number of aromatic carboxylic acids is 1. The van der Waals surface area contributed by atoms with Crippen molar-refractivity contribution in [3.63, 3.8) is 0 Å². The fourth-order valence-electron chi connectivity index (χ4n) is 1.96. The number of ether oxygens (including phenoxy) is 1. The first-order chi connectivity index (χ1) is 8.09. The van der Waals surface area contributed by atoms with E-state index in [4.69, 9.17) is 14.3 Å². The predicted molar refractivity (Wildman–Crippen MR) is 61.0 cm³/mol. The van der Waals surface area contributed by atoms with Crippen LogP contribution >= 0.6 is 0 Å². The molecule has 0 aliphatic carbocycles. The maximum Gasteiger partial charge on any atom is 0.338 e. The zero-order valence-electron chi connectivity index (χ0n) is 9.86. The molecule has 0 saturated carbocycles. The summed E-state index contributed by atoms with van der Waals surface area (Å²) in [5, 5.41) is 12.1. The molecule has 1 aromatic rings. The lowest BCUT2D eigenvalue weighted by Crippen LogP contribution is -2.48. The SMILES string of the molecule is CC1(NCc2cc(C(=O)O)co2)CCCOC1. The Morgan fingerprint density at radius 2 is 2.47 bits per heavy atom. The van der Waals surface area contributed by atoms with Gasteiger partial charge in [-0.3, -0.25) is 0 Å². The van der Waals surface area contributed by atoms with Crippen molar-refractivity contribution < 1.29 is 19.1 Å². The van der Waals surface area contributed by atoms with E-state index in [-0.39, 0.29) is 11.1 Å². The van der Waals surface area contributed by atoms with E-state index in [0.717, 1.165) is 19.4 Å². The van der Waals surface area contributed by atoms with Gasteiger partial charge < -0.3 is 19.6 Å². The molecule has 0 aromatic carbocycles. The summed E-state index contributed by atoms with van der Waals surface area (Å²) in [4.78, 5) is 10.7. The number of nitrogens with one attached hydrogen (secondary N) is 1. The number of carbonyl (C=O) groups is 1. The molecule has 1 aromatic heterocycles. The van der Waals surface area contributed by atoms with Gasteiger partial charge in [-0.25, -0.2) is 4.79 Å². The van der Waals surface area contributed by atoms with Gasteiger partial charge in [0, 0.05) is 12.1 Å². The summed E-state index contributed by atoms with van der Waals surface area (Å²) in [7, 11) is 0. The van der Waals surface area contributed by atoms with Crippen molar-refractivity contribution in [3.8, 4) is 0 Å². The molecule has 0 radical (unpaired) electrons. The lowest BCUT2D eigenvalue weighted by Gasteiger charge is -2.34. The Balaban J connectivity index is 1.90. The van der Waals surface area contributed by atoms with Crippen LogP contribution in [-0.2, 0) is 11.3 Å². The fraction of sp³-hybridized carbons (Fsp3) is 0.583. The molecule has 1 unspecified atom stereocenters. The smallest absolute Gasteiger partial charge is 0.338 e. The Bertz CT molecular complexity index is 393. The third-order valence-electron chi connectivity index (χ3n) is 3.03. The van der Waals surface area contributed by atoms with Gasteiger partial charge in [0.15, 0.2) is 0 Å². The van der Waals surface area contributed by atoms with Crippen LogP contribution in [-0.4, -0.2) is 29.8 Å². The molecule has 1 aliphatic heterocycles. The second-order valence-corrected chi connectivity index (χ2v) is 4.68. The van der Waals surface area contributed by atoms with Crippen LogP contribution in [0.15, 0.2) is 16.7 Å². The average molecular weight is 239 g/mol. The summed E-state index contributed by atoms with van der Waals surface area (Å²) in [5.41, 5.74) is 0.140. The summed E-state index contributed by atoms with van der Waals surface area (Å²) < 4.78 is 10.6. The zero-order valence-corrected chi connectivity index (χ0v) is 9.86. The second kappa shape index (κ2) is 4.89. The van der Waals surface area contributed by atoms with E-state index in [9.17, 15) is 4.79 Å². The first kappa shape index (κ1) is 12.1. The minimum absolute atomic E-state index is 0.0472. The van der Waals surface area contributed by atoms with E-state index in [1.54, 1.807) is 6.07 Å². The molecule has 2 N–H and O–H groups in total. The quantitative estimate of drug-likeness (QED) is 0.835. The van der Waals surface area contributed by atoms with Crippen molar-refractivity contribution in [1.82, 2.24) is 5.32 Å². The predicted octanol–water partition coefficient (Wildman–Crippen LogP) is 1.64. The van der Waals surface area contributed by atoms with Crippen molar-refractivity contribution in [2.75, 3.05) is 13.2 Å². The van der Waals surface area contributed by atoms with Crippen molar-refractivity contribution >= 4 is 5.97 Å². The molecule has 1 aliphatic rings. The summed E-state index contributed by atoms with van der Waals surface area (Å²) in [6, 6.07) is 1.54. The molecular formula is C12H17NO4. The number of hydrogen-bond donors (Lipinski definition) is 2. The molecule has 5 nitrogen and oxygen atoms in total. The van der Waals surface area contributed by atoms with E-state index >= 15 is 0 Å². The van der Waals surface area contributed by atoms with Crippen molar-refractivity contribution in [2.24, 2.45) is 0 Å². The molecule has 2 heterocycles. The minimum atomic E-state index is -0.966. The van der Waals surface area contributed by atoms with Gasteiger partial charge in [-0.1, -0.05) is 0 Å². The van der Waals surface area contributed by atoms with Gasteiger partial charge in [0.2, 0.25) is 0 Å². The molecule has 94 valence electrons. The zero-order chi connectivity index (χ0) is 12.3. The number of carboxylic acid groups (broad SMARTS) is 1. The second-order valence-electron chi connectivity index (χ2n) is 4.68. The number of carboxylic acids is 1. The Kier molecular flexibility index (Phi) is 3.49. The summed E-state index contributed by atoms with van der Waals surface area (Å²) in [6.07, 6.45) is 3.36. The normalized spacial score (nSPS) is 24.8. The first-order valence-electron chi connectivity index (χ1n) is 5.73. The van der Waals surface area contributed by atoms with Crippen molar-refractivity contribution in [2.45, 2.75) is 31.8 Å². The highest BCUT2D eigenvalue weighted by Crippen LogP contribution is 2.19. The highest BCUT2D eigenvalue weighted by molar-refractivity contribution is 5.87. The molecule has 17 heavy (non-hydrogen) atoms. The van der Waals surface area contributed by atoms with Crippen LogP contribution in [0.3, 0.4) is 0 Å². The van der Waals surface area contributed by atoms with Gasteiger partial charge >= 0.3 is 5.97 Å². The van der Waals surface area contributed by atoms with E-state index in [1.165, 1.54) is 6.26 Å². The van der Waals surface area contributed by atoms with E-state index in [2.05, 4.69) is 12.2 Å². The third kappa shape index (κ3) is 3.08. The maximum absolute atomic E-state index is 10.7. The van der Waals surface area contributed by atoms with Gasteiger partial charge in [-0.05, 0) is 25.8 Å². The standard InChI is InChI=1S/C12H17NO4/c1-12(3-2-4-16-8-12)13-6-10-5-9(7-17-10)11(14)15/h5,7,13H,2-4,6,8H2,1H3,(H,14,15). The van der Waals surface area contributed by atoms with Crippen LogP contribution in [0.1, 0.15) is 35.9 Å². The van der Waals surface area contributed by atoms with Crippen LogP contribution in [0.4, 0.5) is 0 Å². The van der Waals surface area contributed by atoms with E-state index in [1.807, 2.05) is 0 Å².